The van der Waals surface area contributed by atoms with E-state index in [9.17, 15) is 9.90 Å². The molecule has 6 rings (SSSR count). The number of ether oxygens (including phenoxy) is 1. The summed E-state index contributed by atoms with van der Waals surface area (Å²) in [6.45, 7) is 9.74. The number of rotatable bonds is 10. The van der Waals surface area contributed by atoms with Crippen LogP contribution in [0.3, 0.4) is 0 Å². The molecule has 0 radical (unpaired) electrons. The third-order valence-electron chi connectivity index (χ3n) is 8.63. The maximum atomic E-state index is 13.1. The standard InChI is InChI=1S/C32H39N7O3/c1-4-9-32(2,21-40)22-42-25-7-10-33-28(20-25)27-8-11-34-31(36-27)39(16-17-39)24-5-6-26-23(18-24)19-29(35-26)30(41)38-14-12-37(3)13-15-38/h5-8,10-11,18-20,40H,4,9,12-17,21-22H2,1-3H3/p+1. The van der Waals surface area contributed by atoms with Crippen LogP contribution in [0.15, 0.2) is 54.9 Å². The highest BCUT2D eigenvalue weighted by Gasteiger charge is 2.50. The fourth-order valence-electron chi connectivity index (χ4n) is 5.75. The van der Waals surface area contributed by atoms with Gasteiger partial charge in [0.15, 0.2) is 0 Å². The Morgan fingerprint density at radius 3 is 2.57 bits per heavy atom. The van der Waals surface area contributed by atoms with E-state index in [1.165, 1.54) is 0 Å². The van der Waals surface area contributed by atoms with Crippen LogP contribution >= 0.6 is 0 Å². The first-order valence-corrected chi connectivity index (χ1v) is 14.8. The van der Waals surface area contributed by atoms with E-state index in [-0.39, 0.29) is 17.9 Å². The molecule has 1 aromatic carbocycles. The first-order chi connectivity index (χ1) is 20.3. The Morgan fingerprint density at radius 1 is 1.05 bits per heavy atom. The highest BCUT2D eigenvalue weighted by Crippen LogP contribution is 2.42. The number of aliphatic hydroxyl groups excluding tert-OH is 1. The summed E-state index contributed by atoms with van der Waals surface area (Å²) >= 11 is 0. The van der Waals surface area contributed by atoms with Crippen LogP contribution in [0.25, 0.3) is 22.3 Å². The van der Waals surface area contributed by atoms with E-state index in [2.05, 4.69) is 52.0 Å². The molecule has 0 spiro atoms. The third-order valence-corrected chi connectivity index (χ3v) is 8.63. The monoisotopic (exact) mass is 570 g/mol. The summed E-state index contributed by atoms with van der Waals surface area (Å²) in [5.74, 6) is 1.48. The van der Waals surface area contributed by atoms with Crippen LogP contribution in [0.2, 0.25) is 0 Å². The number of nitrogens with one attached hydrogen (secondary N) is 1. The number of hydrogen-bond donors (Lipinski definition) is 2. The van der Waals surface area contributed by atoms with Gasteiger partial charge in [0.05, 0.1) is 24.6 Å². The summed E-state index contributed by atoms with van der Waals surface area (Å²) < 4.78 is 6.63. The average molecular weight is 571 g/mol. The number of carbonyl (C=O) groups is 1. The molecular weight excluding hydrogens is 530 g/mol. The number of carbonyl (C=O) groups excluding carboxylic acids is 1. The Balaban J connectivity index is 1.22. The van der Waals surface area contributed by atoms with Gasteiger partial charge in [-0.05, 0) is 37.7 Å². The molecule has 2 aliphatic rings. The van der Waals surface area contributed by atoms with Gasteiger partial charge in [-0.25, -0.2) is 4.48 Å². The van der Waals surface area contributed by atoms with E-state index in [1.54, 1.807) is 12.4 Å². The van der Waals surface area contributed by atoms with Gasteiger partial charge in [-0.15, -0.1) is 0 Å². The van der Waals surface area contributed by atoms with Crippen LogP contribution in [0, 0.1) is 5.41 Å². The SMILES string of the molecule is CCCC(C)(CO)COc1ccnc(-c2ccnc([N+]3(c4ccc5[nH]c(C(=O)N6CCN(C)CC6)cc5c4)CC3)n2)c1. The fraction of sp³-hybridized carbons (Fsp3) is 0.438. The molecular formula is C32H40N7O3+. The van der Waals surface area contributed by atoms with Crippen molar-refractivity contribution in [1.82, 2.24) is 34.2 Å². The maximum absolute atomic E-state index is 13.1. The quantitative estimate of drug-likeness (QED) is 0.217. The minimum Gasteiger partial charge on any atom is -0.493 e. The highest BCUT2D eigenvalue weighted by molar-refractivity contribution is 5.98. The average Bonchev–Trinajstić information content (AvgIpc) is 3.72. The largest absolute Gasteiger partial charge is 0.493 e. The number of aromatic nitrogens is 4. The van der Waals surface area contributed by atoms with Crippen LogP contribution in [-0.4, -0.2) is 100 Å². The Bertz CT molecular complexity index is 1580. The number of likely N-dealkylation sites (N-methyl/N-ethyl adjacent to an activating group) is 1. The molecule has 0 saturated carbocycles. The molecule has 2 N–H and O–H groups in total. The van der Waals surface area contributed by atoms with Crippen molar-refractivity contribution in [3.63, 3.8) is 0 Å². The molecule has 3 aromatic heterocycles. The van der Waals surface area contributed by atoms with E-state index in [0.717, 1.165) is 80.3 Å². The molecule has 42 heavy (non-hydrogen) atoms. The van der Waals surface area contributed by atoms with Crippen LogP contribution in [0.1, 0.15) is 37.2 Å². The zero-order valence-corrected chi connectivity index (χ0v) is 24.7. The molecule has 10 heteroatoms. The van der Waals surface area contributed by atoms with Gasteiger partial charge in [0.25, 0.3) is 5.91 Å². The van der Waals surface area contributed by atoms with Crippen molar-refractivity contribution in [2.45, 2.75) is 26.7 Å². The molecule has 2 saturated heterocycles. The number of quaternary nitrogens is 1. The normalized spacial score (nSPS) is 18.1. The minimum atomic E-state index is -0.282. The van der Waals surface area contributed by atoms with Crippen LogP contribution in [-0.2, 0) is 0 Å². The number of aliphatic hydroxyl groups is 1. The Kier molecular flexibility index (Phi) is 7.69. The van der Waals surface area contributed by atoms with Gasteiger partial charge in [0.1, 0.15) is 30.2 Å². The van der Waals surface area contributed by atoms with Crippen molar-refractivity contribution >= 4 is 28.4 Å². The molecule has 1 atom stereocenters. The first-order valence-electron chi connectivity index (χ1n) is 14.8. The van der Waals surface area contributed by atoms with Crippen molar-refractivity contribution in [3.05, 3.63) is 60.6 Å². The topological polar surface area (TPSA) is 107 Å². The summed E-state index contributed by atoms with van der Waals surface area (Å²) in [6, 6.07) is 13.9. The summed E-state index contributed by atoms with van der Waals surface area (Å²) in [5, 5.41) is 10.9. The Morgan fingerprint density at radius 2 is 1.83 bits per heavy atom. The first kappa shape index (κ1) is 28.3. The molecule has 5 heterocycles. The molecule has 2 aliphatic heterocycles. The lowest BCUT2D eigenvalue weighted by molar-refractivity contribution is 0.0659. The van der Waals surface area contributed by atoms with E-state index in [0.29, 0.717) is 28.2 Å². The molecule has 0 aliphatic carbocycles. The number of aromatic amines is 1. The van der Waals surface area contributed by atoms with Crippen molar-refractivity contribution in [2.75, 3.05) is 59.5 Å². The second-order valence-electron chi connectivity index (χ2n) is 12.1. The van der Waals surface area contributed by atoms with Gasteiger partial charge < -0.3 is 24.6 Å². The minimum absolute atomic E-state index is 0.0533. The zero-order chi connectivity index (χ0) is 29.3. The number of nitrogens with zero attached hydrogens (tertiary/aromatic N) is 6. The summed E-state index contributed by atoms with van der Waals surface area (Å²) in [6.07, 6.45) is 5.39. The van der Waals surface area contributed by atoms with Crippen molar-refractivity contribution in [3.8, 4) is 17.1 Å². The molecule has 1 unspecified atom stereocenters. The Labute approximate surface area is 246 Å². The molecule has 0 bridgehead atoms. The molecule has 220 valence electrons. The van der Waals surface area contributed by atoms with E-state index in [4.69, 9.17) is 9.72 Å². The number of amides is 1. The Hall–Kier alpha value is -3.86. The maximum Gasteiger partial charge on any atom is 0.335 e. The van der Waals surface area contributed by atoms with E-state index < -0.39 is 0 Å². The number of pyridine rings is 1. The van der Waals surface area contributed by atoms with Crippen LogP contribution in [0.4, 0.5) is 11.6 Å². The van der Waals surface area contributed by atoms with Gasteiger partial charge in [-0.3, -0.25) is 9.78 Å². The summed E-state index contributed by atoms with van der Waals surface area (Å²) in [4.78, 5) is 34.9. The molecule has 2 fully saturated rings. The second-order valence-corrected chi connectivity index (χ2v) is 12.1. The third kappa shape index (κ3) is 5.62. The predicted molar refractivity (Wildman–Crippen MR) is 164 cm³/mol. The lowest BCUT2D eigenvalue weighted by Crippen LogP contribution is -2.47. The predicted octanol–water partition coefficient (Wildman–Crippen LogP) is 4.24. The van der Waals surface area contributed by atoms with Crippen molar-refractivity contribution in [2.24, 2.45) is 5.41 Å². The number of hydrogen-bond acceptors (Lipinski definition) is 7. The number of H-pyrrole nitrogens is 1. The van der Waals surface area contributed by atoms with Crippen LogP contribution < -0.4 is 9.22 Å². The van der Waals surface area contributed by atoms with E-state index >= 15 is 0 Å². The van der Waals surface area contributed by atoms with Gasteiger partial charge >= 0.3 is 5.95 Å². The van der Waals surface area contributed by atoms with Gasteiger partial charge in [-0.2, -0.15) is 9.97 Å². The summed E-state index contributed by atoms with van der Waals surface area (Å²) in [7, 11) is 2.09. The highest BCUT2D eigenvalue weighted by atomic mass is 16.5. The lowest BCUT2D eigenvalue weighted by atomic mass is 9.88. The zero-order valence-electron chi connectivity index (χ0n) is 24.7. The number of piperazine rings is 1. The fourth-order valence-corrected chi connectivity index (χ4v) is 5.75. The molecule has 10 nitrogen and oxygen atoms in total. The smallest absolute Gasteiger partial charge is 0.335 e. The van der Waals surface area contributed by atoms with Gasteiger partial charge in [0, 0.05) is 73.1 Å². The lowest BCUT2D eigenvalue weighted by Gasteiger charge is -2.32. The van der Waals surface area contributed by atoms with Crippen molar-refractivity contribution in [1.29, 1.82) is 0 Å². The van der Waals surface area contributed by atoms with Gasteiger partial charge in [-0.1, -0.05) is 20.3 Å². The van der Waals surface area contributed by atoms with Crippen molar-refractivity contribution < 1.29 is 14.6 Å². The molecule has 1 amide bonds. The molecule has 4 aromatic rings. The van der Waals surface area contributed by atoms with Crippen LogP contribution in [0.5, 0.6) is 5.75 Å². The second kappa shape index (κ2) is 11.4. The summed E-state index contributed by atoms with van der Waals surface area (Å²) in [5.41, 5.74) is 3.84. The van der Waals surface area contributed by atoms with E-state index in [1.807, 2.05) is 36.1 Å². The number of benzene rings is 1. The van der Waals surface area contributed by atoms with Gasteiger partial charge in [0.2, 0.25) is 0 Å². The number of fused-ring (bicyclic) bond motifs is 1.